The van der Waals surface area contributed by atoms with Gasteiger partial charge in [0.2, 0.25) is 17.5 Å². The molecule has 1 aromatic carbocycles. The number of fused-ring (bicyclic) bond motifs is 1. The molecular weight excluding hydrogens is 363 g/mol. The SMILES string of the molecule is CN1C(=O)[C@@H](CC(=O)c2ncn(Cc3ccc(F)cc3)n2)CCn2nccc21. The molecule has 0 N–H and O–H groups in total. The summed E-state index contributed by atoms with van der Waals surface area (Å²) in [7, 11) is 1.69. The van der Waals surface area contributed by atoms with Gasteiger partial charge in [-0.1, -0.05) is 12.1 Å². The van der Waals surface area contributed by atoms with Crippen LogP contribution in [-0.4, -0.2) is 43.3 Å². The van der Waals surface area contributed by atoms with E-state index < -0.39 is 5.92 Å². The number of nitrogens with zero attached hydrogens (tertiary/aromatic N) is 6. The normalized spacial score (nSPS) is 16.7. The summed E-state index contributed by atoms with van der Waals surface area (Å²) in [6.07, 6.45) is 3.70. The van der Waals surface area contributed by atoms with Gasteiger partial charge < -0.3 is 0 Å². The standard InChI is InChI=1S/C19H19FN6O2/c1-24-17-6-8-22-26(17)9-7-14(19(24)28)10-16(27)18-21-12-25(23-18)11-13-2-4-15(20)5-3-13/h2-6,8,12,14H,7,9-11H2,1H3/t14-/m1/s1. The molecule has 3 heterocycles. The predicted molar refractivity (Wildman–Crippen MR) is 98.2 cm³/mol. The van der Waals surface area contributed by atoms with Crippen LogP contribution in [0.5, 0.6) is 0 Å². The van der Waals surface area contributed by atoms with E-state index in [4.69, 9.17) is 0 Å². The van der Waals surface area contributed by atoms with Crippen LogP contribution in [0.25, 0.3) is 0 Å². The monoisotopic (exact) mass is 382 g/mol. The molecule has 0 unspecified atom stereocenters. The Labute approximate surface area is 160 Å². The molecule has 2 aromatic heterocycles. The van der Waals surface area contributed by atoms with Gasteiger partial charge >= 0.3 is 0 Å². The van der Waals surface area contributed by atoms with Crippen molar-refractivity contribution in [1.29, 1.82) is 0 Å². The number of amides is 1. The summed E-state index contributed by atoms with van der Waals surface area (Å²) in [6, 6.07) is 7.83. The first-order valence-electron chi connectivity index (χ1n) is 8.98. The van der Waals surface area contributed by atoms with Gasteiger partial charge in [-0.3, -0.25) is 14.5 Å². The van der Waals surface area contributed by atoms with Crippen LogP contribution in [0.3, 0.4) is 0 Å². The minimum absolute atomic E-state index is 0.0502. The second kappa shape index (κ2) is 7.34. The first-order valence-corrected chi connectivity index (χ1v) is 8.98. The van der Waals surface area contributed by atoms with Gasteiger partial charge in [0.25, 0.3) is 0 Å². The number of anilines is 1. The van der Waals surface area contributed by atoms with Gasteiger partial charge in [-0.05, 0) is 24.1 Å². The van der Waals surface area contributed by atoms with Crippen LogP contribution in [0.1, 0.15) is 29.0 Å². The van der Waals surface area contributed by atoms with E-state index in [9.17, 15) is 14.0 Å². The van der Waals surface area contributed by atoms with Crippen molar-refractivity contribution in [3.8, 4) is 0 Å². The van der Waals surface area contributed by atoms with Crippen LogP contribution in [0.15, 0.2) is 42.9 Å². The van der Waals surface area contributed by atoms with E-state index in [1.54, 1.807) is 41.0 Å². The zero-order valence-corrected chi connectivity index (χ0v) is 15.3. The Morgan fingerprint density at radius 1 is 1.25 bits per heavy atom. The largest absolute Gasteiger partial charge is 0.300 e. The summed E-state index contributed by atoms with van der Waals surface area (Å²) < 4.78 is 16.3. The number of carbonyl (C=O) groups is 2. The Morgan fingerprint density at radius 2 is 2.04 bits per heavy atom. The van der Waals surface area contributed by atoms with Crippen molar-refractivity contribution >= 4 is 17.5 Å². The number of aryl methyl sites for hydroxylation is 1. The van der Waals surface area contributed by atoms with Crippen molar-refractivity contribution < 1.29 is 14.0 Å². The molecule has 144 valence electrons. The first-order chi connectivity index (χ1) is 13.5. The summed E-state index contributed by atoms with van der Waals surface area (Å²) in [6.45, 7) is 0.954. The van der Waals surface area contributed by atoms with Crippen molar-refractivity contribution in [2.75, 3.05) is 11.9 Å². The van der Waals surface area contributed by atoms with Gasteiger partial charge in [-0.15, -0.1) is 5.10 Å². The number of aromatic nitrogens is 5. The topological polar surface area (TPSA) is 85.9 Å². The van der Waals surface area contributed by atoms with E-state index in [0.29, 0.717) is 19.5 Å². The zero-order chi connectivity index (χ0) is 19.7. The lowest BCUT2D eigenvalue weighted by molar-refractivity contribution is -0.122. The van der Waals surface area contributed by atoms with Crippen molar-refractivity contribution in [2.24, 2.45) is 5.92 Å². The van der Waals surface area contributed by atoms with E-state index >= 15 is 0 Å². The number of hydrogen-bond donors (Lipinski definition) is 0. The quantitative estimate of drug-likeness (QED) is 0.630. The lowest BCUT2D eigenvalue weighted by Gasteiger charge is -2.18. The summed E-state index contributed by atoms with van der Waals surface area (Å²) in [4.78, 5) is 30.9. The fourth-order valence-corrected chi connectivity index (χ4v) is 3.35. The summed E-state index contributed by atoms with van der Waals surface area (Å²) in [5.74, 6) is -0.329. The molecule has 0 aliphatic carbocycles. The van der Waals surface area contributed by atoms with Crippen LogP contribution in [0.2, 0.25) is 0 Å². The predicted octanol–water partition coefficient (Wildman–Crippen LogP) is 1.92. The maximum absolute atomic E-state index is 13.0. The second-order valence-corrected chi connectivity index (χ2v) is 6.81. The van der Waals surface area contributed by atoms with Crippen LogP contribution in [0.4, 0.5) is 10.2 Å². The van der Waals surface area contributed by atoms with Crippen LogP contribution >= 0.6 is 0 Å². The fourth-order valence-electron chi connectivity index (χ4n) is 3.35. The molecule has 1 aliphatic rings. The Hall–Kier alpha value is -3.36. The summed E-state index contributed by atoms with van der Waals surface area (Å²) >= 11 is 0. The van der Waals surface area contributed by atoms with Crippen LogP contribution in [-0.2, 0) is 17.9 Å². The van der Waals surface area contributed by atoms with E-state index in [1.807, 2.05) is 0 Å². The number of ketones is 1. The van der Waals surface area contributed by atoms with Crippen molar-refractivity contribution in [2.45, 2.75) is 25.9 Å². The lowest BCUT2D eigenvalue weighted by Crippen LogP contribution is -2.33. The Morgan fingerprint density at radius 3 is 2.82 bits per heavy atom. The maximum Gasteiger partial charge on any atom is 0.231 e. The molecule has 0 bridgehead atoms. The number of halogens is 1. The van der Waals surface area contributed by atoms with E-state index in [-0.39, 0.29) is 29.8 Å². The molecule has 0 spiro atoms. The smallest absolute Gasteiger partial charge is 0.231 e. The van der Waals surface area contributed by atoms with Gasteiger partial charge in [-0.2, -0.15) is 5.10 Å². The Bertz CT molecular complexity index is 1010. The molecule has 8 nitrogen and oxygen atoms in total. The van der Waals surface area contributed by atoms with Crippen molar-refractivity contribution in [3.63, 3.8) is 0 Å². The minimum atomic E-state index is -0.441. The molecule has 0 fully saturated rings. The van der Waals surface area contributed by atoms with Gasteiger partial charge in [0.1, 0.15) is 18.0 Å². The summed E-state index contributed by atoms with van der Waals surface area (Å²) in [5, 5.41) is 8.42. The second-order valence-electron chi connectivity index (χ2n) is 6.81. The highest BCUT2D eigenvalue weighted by molar-refractivity contribution is 6.00. The van der Waals surface area contributed by atoms with E-state index in [1.165, 1.54) is 23.1 Å². The lowest BCUT2D eigenvalue weighted by atomic mass is 9.97. The minimum Gasteiger partial charge on any atom is -0.300 e. The van der Waals surface area contributed by atoms with E-state index in [2.05, 4.69) is 15.2 Å². The summed E-state index contributed by atoms with van der Waals surface area (Å²) in [5.41, 5.74) is 0.847. The molecule has 0 saturated carbocycles. The molecule has 3 aromatic rings. The first kappa shape index (κ1) is 18.0. The highest BCUT2D eigenvalue weighted by Gasteiger charge is 2.31. The Balaban J connectivity index is 1.42. The number of carbonyl (C=O) groups excluding carboxylic acids is 2. The third kappa shape index (κ3) is 3.55. The van der Waals surface area contributed by atoms with Gasteiger partial charge in [0, 0.05) is 32.0 Å². The molecular formula is C19H19FN6O2. The van der Waals surface area contributed by atoms with Crippen LogP contribution in [0, 0.1) is 11.7 Å². The molecule has 28 heavy (non-hydrogen) atoms. The molecule has 0 saturated heterocycles. The fraction of sp³-hybridized carbons (Fsp3) is 0.316. The highest BCUT2D eigenvalue weighted by atomic mass is 19.1. The average molecular weight is 382 g/mol. The van der Waals surface area contributed by atoms with E-state index in [0.717, 1.165) is 11.4 Å². The number of Topliss-reactive ketones (excluding diaryl/α,β-unsaturated/α-hetero) is 1. The number of hydrogen-bond acceptors (Lipinski definition) is 5. The molecule has 9 heteroatoms. The van der Waals surface area contributed by atoms with Crippen molar-refractivity contribution in [3.05, 3.63) is 60.1 Å². The zero-order valence-electron chi connectivity index (χ0n) is 15.3. The third-order valence-electron chi connectivity index (χ3n) is 4.88. The maximum atomic E-state index is 13.0. The molecule has 1 atom stereocenters. The molecule has 1 amide bonds. The average Bonchev–Trinajstić information content (AvgIpc) is 3.33. The number of rotatable bonds is 5. The van der Waals surface area contributed by atoms with Gasteiger partial charge in [-0.25, -0.2) is 18.7 Å². The number of benzene rings is 1. The highest BCUT2D eigenvalue weighted by Crippen LogP contribution is 2.25. The molecule has 1 aliphatic heterocycles. The van der Waals surface area contributed by atoms with Crippen molar-refractivity contribution in [1.82, 2.24) is 24.5 Å². The van der Waals surface area contributed by atoms with Gasteiger partial charge in [0.05, 0.1) is 12.7 Å². The third-order valence-corrected chi connectivity index (χ3v) is 4.88. The van der Waals surface area contributed by atoms with Crippen LogP contribution < -0.4 is 4.90 Å². The molecule has 0 radical (unpaired) electrons. The Kier molecular flexibility index (Phi) is 4.72. The van der Waals surface area contributed by atoms with Gasteiger partial charge in [0.15, 0.2) is 0 Å². The molecule has 4 rings (SSSR count).